The van der Waals surface area contributed by atoms with Gasteiger partial charge < -0.3 is 14.3 Å². The maximum atomic E-state index is 12.3. The molecule has 0 fully saturated rings. The zero-order valence-electron chi connectivity index (χ0n) is 12.1. The maximum absolute atomic E-state index is 12.3. The monoisotopic (exact) mass is 345 g/mol. The standard InChI is InChI=1S/C16H11NO6S/c17-16(19)11-2-6-13(7-3-11)24(20,21)23-12-5-1-10-4-8-15(18)22-14(10)9-12/h1-9H,(H2,17,19). The van der Waals surface area contributed by atoms with E-state index in [1.54, 1.807) is 12.1 Å². The molecule has 2 aromatic carbocycles. The highest BCUT2D eigenvalue weighted by atomic mass is 32.2. The summed E-state index contributed by atoms with van der Waals surface area (Å²) in [6.45, 7) is 0. The van der Waals surface area contributed by atoms with Crippen LogP contribution in [0.4, 0.5) is 0 Å². The molecule has 122 valence electrons. The zero-order valence-corrected chi connectivity index (χ0v) is 12.9. The van der Waals surface area contributed by atoms with Gasteiger partial charge in [0.15, 0.2) is 0 Å². The largest absolute Gasteiger partial charge is 0.423 e. The molecule has 0 atom stereocenters. The maximum Gasteiger partial charge on any atom is 0.339 e. The Balaban J connectivity index is 1.93. The molecule has 0 aliphatic heterocycles. The predicted octanol–water partition coefficient (Wildman–Crippen LogP) is 1.66. The lowest BCUT2D eigenvalue weighted by Gasteiger charge is -2.08. The van der Waals surface area contributed by atoms with Gasteiger partial charge in [-0.05, 0) is 42.5 Å². The van der Waals surface area contributed by atoms with Gasteiger partial charge in [-0.1, -0.05) is 0 Å². The van der Waals surface area contributed by atoms with Crippen molar-refractivity contribution in [2.24, 2.45) is 5.73 Å². The molecular formula is C16H11NO6S. The number of rotatable bonds is 4. The second-order valence-electron chi connectivity index (χ2n) is 4.88. The van der Waals surface area contributed by atoms with Crippen molar-refractivity contribution in [3.05, 3.63) is 70.6 Å². The van der Waals surface area contributed by atoms with Gasteiger partial charge in [0.25, 0.3) is 0 Å². The van der Waals surface area contributed by atoms with E-state index in [1.807, 2.05) is 0 Å². The van der Waals surface area contributed by atoms with Crippen molar-refractivity contribution >= 4 is 27.0 Å². The third-order valence-electron chi connectivity index (χ3n) is 3.23. The van der Waals surface area contributed by atoms with Gasteiger partial charge >= 0.3 is 15.7 Å². The van der Waals surface area contributed by atoms with E-state index < -0.39 is 21.7 Å². The first-order valence-electron chi connectivity index (χ1n) is 6.73. The summed E-state index contributed by atoms with van der Waals surface area (Å²) in [6.07, 6.45) is 0. The summed E-state index contributed by atoms with van der Waals surface area (Å²) in [5.41, 5.74) is 4.94. The van der Waals surface area contributed by atoms with Gasteiger partial charge in [-0.2, -0.15) is 8.42 Å². The molecular weight excluding hydrogens is 334 g/mol. The second kappa shape index (κ2) is 5.82. The van der Waals surface area contributed by atoms with Gasteiger partial charge in [0.05, 0.1) is 0 Å². The molecule has 1 aromatic heterocycles. The second-order valence-corrected chi connectivity index (χ2v) is 6.43. The fourth-order valence-corrected chi connectivity index (χ4v) is 2.98. The zero-order chi connectivity index (χ0) is 17.3. The average Bonchev–Trinajstić information content (AvgIpc) is 2.54. The van der Waals surface area contributed by atoms with Gasteiger partial charge in [-0.3, -0.25) is 4.79 Å². The first-order valence-corrected chi connectivity index (χ1v) is 8.14. The molecule has 0 unspecified atom stereocenters. The predicted molar refractivity (Wildman–Crippen MR) is 85.3 cm³/mol. The summed E-state index contributed by atoms with van der Waals surface area (Å²) in [5.74, 6) is -0.666. The van der Waals surface area contributed by atoms with Crippen LogP contribution in [0, 0.1) is 0 Å². The quantitative estimate of drug-likeness (QED) is 0.568. The number of carbonyl (C=O) groups excluding carboxylic acids is 1. The van der Waals surface area contributed by atoms with Crippen molar-refractivity contribution in [2.75, 3.05) is 0 Å². The highest BCUT2D eigenvalue weighted by Crippen LogP contribution is 2.23. The van der Waals surface area contributed by atoms with Crippen LogP contribution in [-0.2, 0) is 10.1 Å². The van der Waals surface area contributed by atoms with E-state index in [0.717, 1.165) is 0 Å². The number of benzene rings is 2. The number of primary amides is 1. The van der Waals surface area contributed by atoms with Crippen LogP contribution in [-0.4, -0.2) is 14.3 Å². The van der Waals surface area contributed by atoms with Crippen molar-refractivity contribution < 1.29 is 21.8 Å². The van der Waals surface area contributed by atoms with Crippen LogP contribution in [0.3, 0.4) is 0 Å². The van der Waals surface area contributed by atoms with Gasteiger partial charge in [-0.25, -0.2) is 4.79 Å². The van der Waals surface area contributed by atoms with Crippen LogP contribution in [0.15, 0.2) is 68.7 Å². The summed E-state index contributed by atoms with van der Waals surface area (Å²) in [6, 6.07) is 12.2. The van der Waals surface area contributed by atoms with E-state index in [2.05, 4.69) is 0 Å². The normalized spacial score (nSPS) is 11.3. The number of hydrogen-bond donors (Lipinski definition) is 1. The van der Waals surface area contributed by atoms with Crippen LogP contribution >= 0.6 is 0 Å². The van der Waals surface area contributed by atoms with E-state index in [4.69, 9.17) is 14.3 Å². The van der Waals surface area contributed by atoms with Crippen LogP contribution in [0.2, 0.25) is 0 Å². The van der Waals surface area contributed by atoms with Crippen LogP contribution in [0.25, 0.3) is 11.0 Å². The summed E-state index contributed by atoms with van der Waals surface area (Å²) in [5, 5.41) is 0.630. The molecule has 0 saturated carbocycles. The molecule has 7 nitrogen and oxygen atoms in total. The topological polar surface area (TPSA) is 117 Å². The van der Waals surface area contributed by atoms with Gasteiger partial charge in [0.1, 0.15) is 16.2 Å². The summed E-state index contributed by atoms with van der Waals surface area (Å²) >= 11 is 0. The molecule has 1 amide bonds. The highest BCUT2D eigenvalue weighted by molar-refractivity contribution is 7.87. The smallest absolute Gasteiger partial charge is 0.339 e. The Morgan fingerprint density at radius 1 is 1.00 bits per heavy atom. The summed E-state index contributed by atoms with van der Waals surface area (Å²) < 4.78 is 34.5. The average molecular weight is 345 g/mol. The number of amides is 1. The summed E-state index contributed by atoms with van der Waals surface area (Å²) in [4.78, 5) is 22.1. The molecule has 0 aliphatic rings. The molecule has 0 aliphatic carbocycles. The molecule has 2 N–H and O–H groups in total. The van der Waals surface area contributed by atoms with Crippen LogP contribution in [0.5, 0.6) is 5.75 Å². The van der Waals surface area contributed by atoms with E-state index in [0.29, 0.717) is 5.39 Å². The Morgan fingerprint density at radius 3 is 2.33 bits per heavy atom. The van der Waals surface area contributed by atoms with E-state index >= 15 is 0 Å². The minimum atomic E-state index is -4.11. The fraction of sp³-hybridized carbons (Fsp3) is 0. The lowest BCUT2D eigenvalue weighted by molar-refractivity contribution is 0.1000. The van der Waals surface area contributed by atoms with Crippen LogP contribution < -0.4 is 15.5 Å². The molecule has 0 saturated heterocycles. The lowest BCUT2D eigenvalue weighted by Crippen LogP contribution is -2.13. The molecule has 24 heavy (non-hydrogen) atoms. The molecule has 0 spiro atoms. The van der Waals surface area contributed by atoms with Crippen molar-refractivity contribution in [1.29, 1.82) is 0 Å². The van der Waals surface area contributed by atoms with Gasteiger partial charge in [-0.15, -0.1) is 0 Å². The Hall–Kier alpha value is -3.13. The summed E-state index contributed by atoms with van der Waals surface area (Å²) in [7, 11) is -4.11. The van der Waals surface area contributed by atoms with Crippen molar-refractivity contribution in [1.82, 2.24) is 0 Å². The van der Waals surface area contributed by atoms with Crippen LogP contribution in [0.1, 0.15) is 10.4 Å². The molecule has 3 aromatic rings. The molecule has 0 bridgehead atoms. The van der Waals surface area contributed by atoms with Gasteiger partial charge in [0, 0.05) is 23.1 Å². The molecule has 3 rings (SSSR count). The van der Waals surface area contributed by atoms with Crippen molar-refractivity contribution in [3.63, 3.8) is 0 Å². The fourth-order valence-electron chi connectivity index (χ4n) is 2.05. The van der Waals surface area contributed by atoms with E-state index in [-0.39, 0.29) is 21.8 Å². The minimum Gasteiger partial charge on any atom is -0.423 e. The number of nitrogens with two attached hydrogens (primary N) is 1. The van der Waals surface area contributed by atoms with Crippen molar-refractivity contribution in [2.45, 2.75) is 4.90 Å². The Kier molecular flexibility index (Phi) is 3.82. The SMILES string of the molecule is NC(=O)c1ccc(S(=O)(=O)Oc2ccc3ccc(=O)oc3c2)cc1. The highest BCUT2D eigenvalue weighted by Gasteiger charge is 2.17. The Morgan fingerprint density at radius 2 is 1.67 bits per heavy atom. The number of hydrogen-bond acceptors (Lipinski definition) is 6. The molecule has 0 radical (unpaired) electrons. The van der Waals surface area contributed by atoms with E-state index in [1.165, 1.54) is 42.5 Å². The van der Waals surface area contributed by atoms with E-state index in [9.17, 15) is 18.0 Å². The third-order valence-corrected chi connectivity index (χ3v) is 4.49. The molecule has 1 heterocycles. The molecule has 8 heteroatoms. The first-order chi connectivity index (χ1) is 11.3. The number of fused-ring (bicyclic) bond motifs is 1. The third kappa shape index (κ3) is 3.13. The minimum absolute atomic E-state index is 0.00386. The Labute approximate surface area is 136 Å². The Bertz CT molecular complexity index is 1080. The van der Waals surface area contributed by atoms with Crippen molar-refractivity contribution in [3.8, 4) is 5.75 Å². The van der Waals surface area contributed by atoms with Gasteiger partial charge in [0.2, 0.25) is 5.91 Å². The lowest BCUT2D eigenvalue weighted by atomic mass is 10.2. The first kappa shape index (κ1) is 15.8. The number of carbonyl (C=O) groups is 1.